The summed E-state index contributed by atoms with van der Waals surface area (Å²) in [6.45, 7) is 7.37. The average molecular weight is 1510 g/mol. The molecule has 0 heterocycles. The number of carbonyl (C=O) groups excluding carboxylic acids is 4. The standard InChI is InChI=1S/C84H164O17P2/c1-6-9-12-15-18-21-24-27-28-29-30-31-32-33-34-39-45-50-55-60-65-70-84(89)101-80(74-95-82(87)68-63-58-53-48-43-40-35-38-41-46-51-56-61-66-77(4)5)76-99-103(92,93)97-72-78(85)71-96-102(90,91)98-75-79(100-83(88)69-64-59-54-49-44-37-26-23-20-17-14-11-8-3)73-94-81(86)67-62-57-52-47-42-36-25-22-19-16-13-10-7-2/h77-80,85H,6-76H2,1-5H3,(H,90,91)(H,92,93)/t78-,79+,80+/m0/s1. The Morgan fingerprint density at radius 1 is 0.262 bits per heavy atom. The van der Waals surface area contributed by atoms with Crippen LogP contribution >= 0.6 is 15.6 Å². The third-order valence-corrected chi connectivity index (χ3v) is 21.7. The van der Waals surface area contributed by atoms with Gasteiger partial charge in [-0.3, -0.25) is 37.3 Å². The molecule has 0 aliphatic heterocycles. The van der Waals surface area contributed by atoms with Crippen molar-refractivity contribution in [2.75, 3.05) is 39.6 Å². The van der Waals surface area contributed by atoms with Gasteiger partial charge in [0, 0.05) is 25.7 Å². The first-order valence-corrected chi connectivity index (χ1v) is 46.6. The van der Waals surface area contributed by atoms with Crippen molar-refractivity contribution in [1.29, 1.82) is 0 Å². The number of rotatable bonds is 84. The zero-order valence-corrected chi connectivity index (χ0v) is 69.3. The number of unbranched alkanes of at least 4 members (excludes halogenated alkanes) is 56. The summed E-state index contributed by atoms with van der Waals surface area (Å²) in [5.41, 5.74) is 0. The molecule has 0 spiro atoms. The van der Waals surface area contributed by atoms with Crippen LogP contribution in [0.3, 0.4) is 0 Å². The lowest BCUT2D eigenvalue weighted by atomic mass is 10.0. The van der Waals surface area contributed by atoms with Crippen LogP contribution in [-0.4, -0.2) is 96.7 Å². The Labute approximate surface area is 632 Å². The summed E-state index contributed by atoms with van der Waals surface area (Å²) in [6, 6.07) is 0. The van der Waals surface area contributed by atoms with E-state index in [-0.39, 0.29) is 25.7 Å². The molecule has 5 atom stereocenters. The van der Waals surface area contributed by atoms with Crippen LogP contribution in [0, 0.1) is 5.92 Å². The van der Waals surface area contributed by atoms with Gasteiger partial charge in [0.25, 0.3) is 0 Å². The molecule has 0 aromatic carbocycles. The third-order valence-electron chi connectivity index (χ3n) is 19.8. The Balaban J connectivity index is 5.24. The van der Waals surface area contributed by atoms with Crippen LogP contribution in [-0.2, 0) is 65.4 Å². The summed E-state index contributed by atoms with van der Waals surface area (Å²) >= 11 is 0. The fourth-order valence-corrected chi connectivity index (χ4v) is 14.7. The minimum Gasteiger partial charge on any atom is -0.462 e. The zero-order valence-electron chi connectivity index (χ0n) is 67.5. The van der Waals surface area contributed by atoms with E-state index in [2.05, 4.69) is 34.6 Å². The van der Waals surface area contributed by atoms with E-state index in [9.17, 15) is 43.2 Å². The Hall–Kier alpha value is -1.94. The van der Waals surface area contributed by atoms with E-state index >= 15 is 0 Å². The van der Waals surface area contributed by atoms with E-state index < -0.39 is 97.5 Å². The number of phosphoric ester groups is 2. The molecule has 0 radical (unpaired) electrons. The first kappa shape index (κ1) is 101. The van der Waals surface area contributed by atoms with Gasteiger partial charge in [-0.15, -0.1) is 0 Å². The molecule has 17 nitrogen and oxygen atoms in total. The summed E-state index contributed by atoms with van der Waals surface area (Å²) in [6.07, 6.45) is 69.3. The van der Waals surface area contributed by atoms with Crippen LogP contribution < -0.4 is 0 Å². The highest BCUT2D eigenvalue weighted by atomic mass is 31.2. The van der Waals surface area contributed by atoms with E-state index in [4.69, 9.17) is 37.0 Å². The highest BCUT2D eigenvalue weighted by Gasteiger charge is 2.30. The maximum absolute atomic E-state index is 13.1. The van der Waals surface area contributed by atoms with Crippen LogP contribution in [0.1, 0.15) is 452 Å². The van der Waals surface area contributed by atoms with Crippen molar-refractivity contribution in [1.82, 2.24) is 0 Å². The molecule has 0 rings (SSSR count). The van der Waals surface area contributed by atoms with Gasteiger partial charge in [0.2, 0.25) is 0 Å². The lowest BCUT2D eigenvalue weighted by Crippen LogP contribution is -2.30. The molecule has 103 heavy (non-hydrogen) atoms. The molecule has 0 fully saturated rings. The molecule has 0 aliphatic carbocycles. The van der Waals surface area contributed by atoms with Gasteiger partial charge in [0.15, 0.2) is 12.2 Å². The monoisotopic (exact) mass is 1510 g/mol. The van der Waals surface area contributed by atoms with Gasteiger partial charge in [-0.2, -0.15) is 0 Å². The van der Waals surface area contributed by atoms with Crippen molar-refractivity contribution < 1.29 is 80.2 Å². The second kappa shape index (κ2) is 76.8. The molecule has 0 aromatic rings. The van der Waals surface area contributed by atoms with Gasteiger partial charge < -0.3 is 33.8 Å². The molecule has 2 unspecified atom stereocenters. The molecule has 612 valence electrons. The van der Waals surface area contributed by atoms with E-state index in [1.165, 1.54) is 276 Å². The number of aliphatic hydroxyl groups excluding tert-OH is 1. The number of phosphoric acid groups is 2. The molecular formula is C84H164O17P2. The zero-order chi connectivity index (χ0) is 75.5. The summed E-state index contributed by atoms with van der Waals surface area (Å²) in [7, 11) is -9.92. The number of carbonyl (C=O) groups is 4. The molecule has 0 aromatic heterocycles. The SMILES string of the molecule is CCCCCCCCCCCCCCCCCCCCCCCC(=O)O[C@H](COC(=O)CCCCCCCCCCCCCCCC(C)C)COP(=O)(O)OC[C@@H](O)COP(=O)(O)OC[C@@H](COC(=O)CCCCCCCCCCCCCCC)OC(=O)CCCCCCCCCCCCCCC. The van der Waals surface area contributed by atoms with Crippen molar-refractivity contribution in [3.05, 3.63) is 0 Å². The Morgan fingerprint density at radius 3 is 0.660 bits per heavy atom. The van der Waals surface area contributed by atoms with Gasteiger partial charge in [0.05, 0.1) is 26.4 Å². The van der Waals surface area contributed by atoms with Gasteiger partial charge >= 0.3 is 39.5 Å². The Morgan fingerprint density at radius 2 is 0.447 bits per heavy atom. The smallest absolute Gasteiger partial charge is 0.462 e. The van der Waals surface area contributed by atoms with Crippen molar-refractivity contribution in [2.24, 2.45) is 5.92 Å². The molecular weight excluding hydrogens is 1340 g/mol. The maximum Gasteiger partial charge on any atom is 0.472 e. The van der Waals surface area contributed by atoms with Crippen molar-refractivity contribution in [3.63, 3.8) is 0 Å². The van der Waals surface area contributed by atoms with E-state index in [1.54, 1.807) is 0 Å². The predicted molar refractivity (Wildman–Crippen MR) is 423 cm³/mol. The van der Waals surface area contributed by atoms with Gasteiger partial charge in [-0.1, -0.05) is 401 Å². The first-order valence-electron chi connectivity index (χ1n) is 43.6. The molecule has 0 amide bonds. The van der Waals surface area contributed by atoms with Crippen LogP contribution in [0.15, 0.2) is 0 Å². The normalized spacial score (nSPS) is 13.8. The van der Waals surface area contributed by atoms with Crippen molar-refractivity contribution in [3.8, 4) is 0 Å². The fraction of sp³-hybridized carbons (Fsp3) is 0.952. The topological polar surface area (TPSA) is 237 Å². The lowest BCUT2D eigenvalue weighted by molar-refractivity contribution is -0.161. The number of hydrogen-bond acceptors (Lipinski definition) is 15. The number of esters is 4. The van der Waals surface area contributed by atoms with Gasteiger partial charge in [-0.25, -0.2) is 9.13 Å². The summed E-state index contributed by atoms with van der Waals surface area (Å²) in [5.74, 6) is -1.31. The quantitative estimate of drug-likeness (QED) is 0.0222. The second-order valence-corrected chi connectivity index (χ2v) is 33.6. The third kappa shape index (κ3) is 78.0. The van der Waals surface area contributed by atoms with Crippen LogP contribution in [0.4, 0.5) is 0 Å². The van der Waals surface area contributed by atoms with Crippen molar-refractivity contribution >= 4 is 39.5 Å². The van der Waals surface area contributed by atoms with Gasteiger partial charge in [-0.05, 0) is 31.6 Å². The highest BCUT2D eigenvalue weighted by molar-refractivity contribution is 7.47. The number of aliphatic hydroxyl groups is 1. The first-order chi connectivity index (χ1) is 50.0. The average Bonchev–Trinajstić information content (AvgIpc) is 0.922. The number of ether oxygens (including phenoxy) is 4. The summed E-state index contributed by atoms with van der Waals surface area (Å²) < 4.78 is 68.8. The Bertz CT molecular complexity index is 1960. The lowest BCUT2D eigenvalue weighted by Gasteiger charge is -2.21. The predicted octanol–water partition coefficient (Wildman–Crippen LogP) is 25.6. The summed E-state index contributed by atoms with van der Waals surface area (Å²) in [5, 5.41) is 10.7. The van der Waals surface area contributed by atoms with Crippen LogP contribution in [0.25, 0.3) is 0 Å². The largest absolute Gasteiger partial charge is 0.472 e. The molecule has 0 bridgehead atoms. The van der Waals surface area contributed by atoms with E-state index in [0.717, 1.165) is 95.8 Å². The number of hydrogen-bond donors (Lipinski definition) is 3. The molecule has 0 saturated heterocycles. The highest BCUT2D eigenvalue weighted by Crippen LogP contribution is 2.45. The molecule has 0 saturated carbocycles. The molecule has 0 aliphatic rings. The fourth-order valence-electron chi connectivity index (χ4n) is 13.1. The van der Waals surface area contributed by atoms with E-state index in [1.807, 2.05) is 0 Å². The van der Waals surface area contributed by atoms with E-state index in [0.29, 0.717) is 25.7 Å². The second-order valence-electron chi connectivity index (χ2n) is 30.7. The maximum atomic E-state index is 13.1. The molecule has 3 N–H and O–H groups in total. The minimum absolute atomic E-state index is 0.109. The van der Waals surface area contributed by atoms with Crippen LogP contribution in [0.5, 0.6) is 0 Å². The minimum atomic E-state index is -4.96. The Kier molecular flexibility index (Phi) is 75.4. The van der Waals surface area contributed by atoms with Crippen LogP contribution in [0.2, 0.25) is 0 Å². The summed E-state index contributed by atoms with van der Waals surface area (Å²) in [4.78, 5) is 73.2. The van der Waals surface area contributed by atoms with Crippen molar-refractivity contribution in [2.45, 2.75) is 470 Å². The van der Waals surface area contributed by atoms with Gasteiger partial charge in [0.1, 0.15) is 19.3 Å². The molecule has 19 heteroatoms.